The summed E-state index contributed by atoms with van der Waals surface area (Å²) in [5.74, 6) is 1.77. The van der Waals surface area contributed by atoms with E-state index in [2.05, 4.69) is 31.2 Å². The van der Waals surface area contributed by atoms with Crippen molar-refractivity contribution in [1.29, 1.82) is 0 Å². The molecule has 1 N–H and O–H groups in total. The Morgan fingerprint density at radius 2 is 2.27 bits per heavy atom. The molecule has 3 rings (SSSR count). The summed E-state index contributed by atoms with van der Waals surface area (Å²) in [6.07, 6.45) is 10.8. The number of aromatic nitrogens is 3. The molecule has 22 heavy (non-hydrogen) atoms. The zero-order chi connectivity index (χ0) is 15.4. The van der Waals surface area contributed by atoms with E-state index in [0.717, 1.165) is 27.5 Å². The van der Waals surface area contributed by atoms with Crippen molar-refractivity contribution < 1.29 is 0 Å². The first-order valence-corrected chi connectivity index (χ1v) is 9.75. The second kappa shape index (κ2) is 7.66. The molecule has 0 bridgehead atoms. The SMILES string of the molecule is S=c1[nH]nc(CCC2CCCCC2)n1/N=C\c1cc(Br)cs1. The van der Waals surface area contributed by atoms with Crippen molar-refractivity contribution in [2.75, 3.05) is 0 Å². The van der Waals surface area contributed by atoms with Gasteiger partial charge in [0.2, 0.25) is 4.77 Å². The van der Waals surface area contributed by atoms with Gasteiger partial charge in [0, 0.05) is 21.2 Å². The predicted molar refractivity (Wildman–Crippen MR) is 97.3 cm³/mol. The van der Waals surface area contributed by atoms with E-state index in [1.54, 1.807) is 16.0 Å². The van der Waals surface area contributed by atoms with E-state index < -0.39 is 0 Å². The molecule has 1 aliphatic carbocycles. The Kier molecular flexibility index (Phi) is 5.60. The van der Waals surface area contributed by atoms with E-state index in [1.807, 2.05) is 17.7 Å². The third-order valence-corrected chi connectivity index (χ3v) is 6.00. The van der Waals surface area contributed by atoms with Gasteiger partial charge in [0.25, 0.3) is 0 Å². The number of hydrogen-bond acceptors (Lipinski definition) is 4. The molecular weight excluding hydrogens is 380 g/mol. The van der Waals surface area contributed by atoms with Crippen molar-refractivity contribution in [2.24, 2.45) is 11.0 Å². The van der Waals surface area contributed by atoms with Gasteiger partial charge in [-0.2, -0.15) is 14.9 Å². The number of aromatic amines is 1. The number of aryl methyl sites for hydroxylation is 1. The lowest BCUT2D eigenvalue weighted by Gasteiger charge is -2.20. The fourth-order valence-corrected chi connectivity index (χ4v) is 4.42. The minimum atomic E-state index is 0.561. The lowest BCUT2D eigenvalue weighted by atomic mass is 9.86. The fraction of sp³-hybridized carbons (Fsp3) is 0.533. The smallest absolute Gasteiger partial charge is 0.216 e. The van der Waals surface area contributed by atoms with Gasteiger partial charge in [0.05, 0.1) is 6.21 Å². The van der Waals surface area contributed by atoms with Crippen LogP contribution in [-0.4, -0.2) is 21.1 Å². The molecule has 7 heteroatoms. The zero-order valence-corrected chi connectivity index (χ0v) is 15.5. The van der Waals surface area contributed by atoms with Crippen molar-refractivity contribution in [3.05, 3.63) is 31.4 Å². The van der Waals surface area contributed by atoms with Gasteiger partial charge in [0.15, 0.2) is 5.82 Å². The van der Waals surface area contributed by atoms with Gasteiger partial charge >= 0.3 is 0 Å². The second-order valence-electron chi connectivity index (χ2n) is 5.71. The summed E-state index contributed by atoms with van der Waals surface area (Å²) in [4.78, 5) is 1.09. The van der Waals surface area contributed by atoms with E-state index in [1.165, 1.54) is 38.5 Å². The number of hydrogen-bond donors (Lipinski definition) is 1. The van der Waals surface area contributed by atoms with Gasteiger partial charge in [-0.3, -0.25) is 5.10 Å². The zero-order valence-electron chi connectivity index (χ0n) is 12.3. The Labute approximate surface area is 147 Å². The van der Waals surface area contributed by atoms with Crippen LogP contribution in [0.25, 0.3) is 0 Å². The number of H-pyrrole nitrogens is 1. The lowest BCUT2D eigenvalue weighted by Crippen LogP contribution is -2.09. The van der Waals surface area contributed by atoms with Crippen LogP contribution in [0.5, 0.6) is 0 Å². The molecular formula is C15H19BrN4S2. The highest BCUT2D eigenvalue weighted by molar-refractivity contribution is 9.10. The molecule has 0 spiro atoms. The Hall–Kier alpha value is -0.790. The third kappa shape index (κ3) is 4.14. The summed E-state index contributed by atoms with van der Waals surface area (Å²) < 4.78 is 3.39. The molecule has 0 saturated heterocycles. The van der Waals surface area contributed by atoms with Crippen molar-refractivity contribution >= 4 is 45.7 Å². The molecule has 4 nitrogen and oxygen atoms in total. The Balaban J connectivity index is 1.67. The lowest BCUT2D eigenvalue weighted by molar-refractivity contribution is 0.336. The van der Waals surface area contributed by atoms with E-state index in [0.29, 0.717) is 4.77 Å². The van der Waals surface area contributed by atoms with E-state index >= 15 is 0 Å². The molecule has 1 fully saturated rings. The highest BCUT2D eigenvalue weighted by atomic mass is 79.9. The average molecular weight is 399 g/mol. The molecule has 0 atom stereocenters. The van der Waals surface area contributed by atoms with Gasteiger partial charge in [-0.15, -0.1) is 11.3 Å². The maximum Gasteiger partial charge on any atom is 0.216 e. The summed E-state index contributed by atoms with van der Waals surface area (Å²) in [7, 11) is 0. The Morgan fingerprint density at radius 1 is 1.45 bits per heavy atom. The van der Waals surface area contributed by atoms with Crippen LogP contribution in [0.15, 0.2) is 21.0 Å². The molecule has 0 aromatic carbocycles. The average Bonchev–Trinajstić information content (AvgIpc) is 3.10. The molecule has 2 aromatic heterocycles. The summed E-state index contributed by atoms with van der Waals surface area (Å²) in [6.45, 7) is 0. The number of thiophene rings is 1. The van der Waals surface area contributed by atoms with Gasteiger partial charge in [0.1, 0.15) is 0 Å². The van der Waals surface area contributed by atoms with Gasteiger partial charge < -0.3 is 0 Å². The van der Waals surface area contributed by atoms with Crippen LogP contribution in [-0.2, 0) is 6.42 Å². The summed E-state index contributed by atoms with van der Waals surface area (Å²) in [6, 6.07) is 2.04. The van der Waals surface area contributed by atoms with Crippen LogP contribution in [0.3, 0.4) is 0 Å². The third-order valence-electron chi connectivity index (χ3n) is 4.11. The molecule has 2 aromatic rings. The van der Waals surface area contributed by atoms with E-state index in [9.17, 15) is 0 Å². The molecule has 0 aliphatic heterocycles. The second-order valence-corrected chi connectivity index (χ2v) is 7.96. The van der Waals surface area contributed by atoms with Crippen molar-refractivity contribution in [3.8, 4) is 0 Å². The van der Waals surface area contributed by atoms with Crippen LogP contribution in [0.1, 0.15) is 49.2 Å². The van der Waals surface area contributed by atoms with E-state index in [4.69, 9.17) is 12.2 Å². The van der Waals surface area contributed by atoms with Crippen molar-refractivity contribution in [3.63, 3.8) is 0 Å². The van der Waals surface area contributed by atoms with Gasteiger partial charge in [-0.05, 0) is 46.6 Å². The topological polar surface area (TPSA) is 46.0 Å². The first-order chi connectivity index (χ1) is 10.7. The normalized spacial score (nSPS) is 16.6. The molecule has 118 valence electrons. The minimum absolute atomic E-state index is 0.561. The highest BCUT2D eigenvalue weighted by Crippen LogP contribution is 2.27. The van der Waals surface area contributed by atoms with Crippen LogP contribution in [0.4, 0.5) is 0 Å². The van der Waals surface area contributed by atoms with Gasteiger partial charge in [-0.25, -0.2) is 0 Å². The van der Waals surface area contributed by atoms with Gasteiger partial charge in [-0.1, -0.05) is 32.1 Å². The standard InChI is InChI=1S/C15H19BrN4S2/c16-12-8-13(22-10-12)9-17-20-14(18-19-15(20)21)7-6-11-4-2-1-3-5-11/h8-11H,1-7H2,(H,19,21)/b17-9-. The summed E-state index contributed by atoms with van der Waals surface area (Å²) in [5.41, 5.74) is 0. The largest absolute Gasteiger partial charge is 0.250 e. The number of rotatable bonds is 5. The number of halogens is 1. The van der Waals surface area contributed by atoms with Crippen molar-refractivity contribution in [2.45, 2.75) is 44.9 Å². The van der Waals surface area contributed by atoms with Crippen LogP contribution in [0.2, 0.25) is 0 Å². The number of nitrogens with zero attached hydrogens (tertiary/aromatic N) is 3. The number of nitrogens with one attached hydrogen (secondary N) is 1. The molecule has 1 aliphatic rings. The summed E-state index contributed by atoms with van der Waals surface area (Å²) >= 11 is 10.4. The fourth-order valence-electron chi connectivity index (χ4n) is 2.92. The minimum Gasteiger partial charge on any atom is -0.250 e. The quantitative estimate of drug-likeness (QED) is 0.558. The molecule has 0 radical (unpaired) electrons. The van der Waals surface area contributed by atoms with Crippen molar-refractivity contribution in [1.82, 2.24) is 14.9 Å². The highest BCUT2D eigenvalue weighted by Gasteiger charge is 2.15. The van der Waals surface area contributed by atoms with Crippen LogP contribution in [0, 0.1) is 10.7 Å². The molecule has 0 unspecified atom stereocenters. The van der Waals surface area contributed by atoms with E-state index in [-0.39, 0.29) is 0 Å². The first kappa shape index (κ1) is 16.1. The monoisotopic (exact) mass is 398 g/mol. The first-order valence-electron chi connectivity index (χ1n) is 7.67. The summed E-state index contributed by atoms with van der Waals surface area (Å²) in [5, 5.41) is 13.7. The maximum absolute atomic E-state index is 5.29. The maximum atomic E-state index is 5.29. The molecule has 0 amide bonds. The Morgan fingerprint density at radius 3 is 3.00 bits per heavy atom. The van der Waals surface area contributed by atoms with Crippen LogP contribution >= 0.6 is 39.5 Å². The molecule has 2 heterocycles. The Bertz CT molecular complexity index is 694. The molecule has 1 saturated carbocycles. The predicted octanol–water partition coefficient (Wildman–Crippen LogP) is 5.16. The van der Waals surface area contributed by atoms with Crippen LogP contribution < -0.4 is 0 Å².